The Hall–Kier alpha value is -2.19. The zero-order chi connectivity index (χ0) is 19.5. The Labute approximate surface area is 185 Å². The van der Waals surface area contributed by atoms with Gasteiger partial charge in [0.05, 0.1) is 13.2 Å². The van der Waals surface area contributed by atoms with Gasteiger partial charge in [-0.05, 0) is 48.5 Å². The maximum atomic E-state index is 6.09. The number of morpholine rings is 1. The van der Waals surface area contributed by atoms with Crippen LogP contribution in [0.4, 0.5) is 11.4 Å². The number of aliphatic imine (C=N–C) groups is 2. The van der Waals surface area contributed by atoms with Crippen LogP contribution in [0.25, 0.3) is 0 Å². The van der Waals surface area contributed by atoms with E-state index in [1.54, 1.807) is 0 Å². The highest BCUT2D eigenvalue weighted by molar-refractivity contribution is 6.31. The van der Waals surface area contributed by atoms with Gasteiger partial charge >= 0.3 is 0 Å². The molecule has 0 saturated carbocycles. The van der Waals surface area contributed by atoms with Crippen LogP contribution in [0.3, 0.4) is 0 Å². The molecule has 154 valence electrons. The van der Waals surface area contributed by atoms with Crippen molar-refractivity contribution in [2.45, 2.75) is 6.29 Å². The van der Waals surface area contributed by atoms with Crippen molar-refractivity contribution in [1.82, 2.24) is 4.90 Å². The topological polar surface area (TPSA) is 78.5 Å². The minimum atomic E-state index is -0.474. The highest BCUT2D eigenvalue weighted by atomic mass is 35.5. The van der Waals surface area contributed by atoms with Gasteiger partial charge < -0.3 is 20.7 Å². The molecule has 10 heteroatoms. The Morgan fingerprint density at radius 1 is 0.966 bits per heavy atom. The largest absolute Gasteiger partial charge is 0.378 e. The van der Waals surface area contributed by atoms with Crippen LogP contribution in [-0.4, -0.2) is 49.4 Å². The van der Waals surface area contributed by atoms with Crippen molar-refractivity contribution in [3.8, 4) is 0 Å². The zero-order valence-electron chi connectivity index (χ0n) is 15.5. The summed E-state index contributed by atoms with van der Waals surface area (Å²) in [5, 5.41) is 4.73. The van der Waals surface area contributed by atoms with Crippen molar-refractivity contribution in [3.63, 3.8) is 0 Å². The summed E-state index contributed by atoms with van der Waals surface area (Å²) in [6.45, 7) is 2.73. The molecule has 0 aromatic heterocycles. The Bertz CT molecular complexity index is 882. The lowest BCUT2D eigenvalue weighted by Gasteiger charge is -2.41. The smallest absolute Gasteiger partial charge is 0.222 e. The van der Waals surface area contributed by atoms with Crippen molar-refractivity contribution >= 4 is 58.9 Å². The predicted molar refractivity (Wildman–Crippen MR) is 121 cm³/mol. The summed E-state index contributed by atoms with van der Waals surface area (Å²) in [5.74, 6) is 0.947. The van der Waals surface area contributed by atoms with E-state index >= 15 is 0 Å². The second-order valence-corrected chi connectivity index (χ2v) is 7.24. The Balaban J connectivity index is 0.00000240. The standard InChI is InChI=1S/C19H20Cl2N6O.ClH/c20-13-1-5-15(6-2-13)23-18-24-17(22)25-19(26-9-11-28-12-10-26)27(18)16-7-3-14(21)4-8-16;/h1-8,18,23H,9-12H2,(H2,22,24);1H. The maximum Gasteiger partial charge on any atom is 0.222 e. The first-order valence-corrected chi connectivity index (χ1v) is 9.67. The van der Waals surface area contributed by atoms with Gasteiger partial charge in [0.2, 0.25) is 18.2 Å². The summed E-state index contributed by atoms with van der Waals surface area (Å²) in [6.07, 6.45) is -0.474. The molecule has 1 saturated heterocycles. The molecule has 0 spiro atoms. The first kappa shape index (κ1) is 21.5. The van der Waals surface area contributed by atoms with Crippen LogP contribution in [-0.2, 0) is 4.74 Å². The maximum absolute atomic E-state index is 6.09. The van der Waals surface area contributed by atoms with Gasteiger partial charge in [0.25, 0.3) is 0 Å². The third kappa shape index (κ3) is 5.05. The quantitative estimate of drug-likeness (QED) is 0.739. The molecule has 0 bridgehead atoms. The van der Waals surface area contributed by atoms with E-state index in [-0.39, 0.29) is 18.4 Å². The van der Waals surface area contributed by atoms with Crippen molar-refractivity contribution in [1.29, 1.82) is 0 Å². The first-order chi connectivity index (χ1) is 13.6. The van der Waals surface area contributed by atoms with Crippen LogP contribution >= 0.6 is 35.6 Å². The molecule has 29 heavy (non-hydrogen) atoms. The molecule has 1 atom stereocenters. The second-order valence-electron chi connectivity index (χ2n) is 6.37. The molecular formula is C19H21Cl3N6O. The Kier molecular flexibility index (Phi) is 7.08. The Morgan fingerprint density at radius 2 is 1.55 bits per heavy atom. The molecule has 7 nitrogen and oxygen atoms in total. The molecular weight excluding hydrogens is 435 g/mol. The fourth-order valence-corrected chi connectivity index (χ4v) is 3.37. The highest BCUT2D eigenvalue weighted by Crippen LogP contribution is 2.26. The van der Waals surface area contributed by atoms with E-state index in [1.807, 2.05) is 53.4 Å². The lowest BCUT2D eigenvalue weighted by molar-refractivity contribution is 0.0671. The van der Waals surface area contributed by atoms with Gasteiger partial charge in [-0.1, -0.05) is 23.2 Å². The van der Waals surface area contributed by atoms with E-state index in [9.17, 15) is 0 Å². The third-order valence-electron chi connectivity index (χ3n) is 4.47. The van der Waals surface area contributed by atoms with E-state index < -0.39 is 6.29 Å². The van der Waals surface area contributed by atoms with Gasteiger partial charge in [0.1, 0.15) is 0 Å². The molecule has 2 aromatic rings. The molecule has 2 aliphatic rings. The average molecular weight is 456 g/mol. The van der Waals surface area contributed by atoms with Crippen molar-refractivity contribution in [2.75, 3.05) is 36.5 Å². The van der Waals surface area contributed by atoms with Gasteiger partial charge in [-0.3, -0.25) is 4.90 Å². The van der Waals surface area contributed by atoms with Crippen molar-refractivity contribution in [3.05, 3.63) is 58.6 Å². The monoisotopic (exact) mass is 454 g/mol. The van der Waals surface area contributed by atoms with E-state index in [4.69, 9.17) is 33.7 Å². The van der Waals surface area contributed by atoms with Crippen LogP contribution in [0.1, 0.15) is 0 Å². The summed E-state index contributed by atoms with van der Waals surface area (Å²) in [4.78, 5) is 13.2. The lowest BCUT2D eigenvalue weighted by Crippen LogP contribution is -2.57. The predicted octanol–water partition coefficient (Wildman–Crippen LogP) is 3.63. The second kappa shape index (κ2) is 9.54. The van der Waals surface area contributed by atoms with Crippen LogP contribution in [0.5, 0.6) is 0 Å². The number of halogens is 3. The summed E-state index contributed by atoms with van der Waals surface area (Å²) < 4.78 is 5.49. The molecule has 0 aliphatic carbocycles. The van der Waals surface area contributed by atoms with Gasteiger partial charge in [-0.15, -0.1) is 12.4 Å². The number of nitrogens with zero attached hydrogens (tertiary/aromatic N) is 4. The number of nitrogens with two attached hydrogens (primary N) is 1. The number of hydrogen-bond donors (Lipinski definition) is 2. The van der Waals surface area contributed by atoms with Crippen molar-refractivity contribution < 1.29 is 4.74 Å². The van der Waals surface area contributed by atoms with Gasteiger partial charge in [0.15, 0.2) is 0 Å². The number of nitrogens with one attached hydrogen (secondary N) is 1. The fourth-order valence-electron chi connectivity index (χ4n) is 3.11. The highest BCUT2D eigenvalue weighted by Gasteiger charge is 2.32. The normalized spacial score (nSPS) is 19.2. The molecule has 1 fully saturated rings. The molecule has 2 aliphatic heterocycles. The van der Waals surface area contributed by atoms with Gasteiger partial charge in [-0.25, -0.2) is 4.99 Å². The van der Waals surface area contributed by atoms with Crippen LogP contribution in [0, 0.1) is 0 Å². The number of ether oxygens (including phenoxy) is 1. The van der Waals surface area contributed by atoms with Gasteiger partial charge in [-0.2, -0.15) is 4.99 Å². The van der Waals surface area contributed by atoms with Gasteiger partial charge in [0, 0.05) is 34.5 Å². The molecule has 3 N–H and O–H groups in total. The number of rotatable bonds is 3. The number of benzene rings is 2. The van der Waals surface area contributed by atoms with Crippen LogP contribution in [0.15, 0.2) is 58.5 Å². The number of hydrogen-bond acceptors (Lipinski definition) is 7. The summed E-state index contributed by atoms with van der Waals surface area (Å²) in [6, 6.07) is 15.0. The molecule has 2 heterocycles. The van der Waals surface area contributed by atoms with E-state index in [0.717, 1.165) is 30.4 Å². The first-order valence-electron chi connectivity index (χ1n) is 8.92. The summed E-state index contributed by atoms with van der Waals surface area (Å²) >= 11 is 12.1. The minimum absolute atomic E-state index is 0. The molecule has 1 unspecified atom stereocenters. The lowest BCUT2D eigenvalue weighted by atomic mass is 10.2. The summed E-state index contributed by atoms with van der Waals surface area (Å²) in [7, 11) is 0. The minimum Gasteiger partial charge on any atom is -0.378 e. The zero-order valence-corrected chi connectivity index (χ0v) is 17.8. The molecule has 0 radical (unpaired) electrons. The molecule has 0 amide bonds. The average Bonchev–Trinajstić information content (AvgIpc) is 2.71. The van der Waals surface area contributed by atoms with Crippen molar-refractivity contribution in [2.24, 2.45) is 15.7 Å². The molecule has 4 rings (SSSR count). The van der Waals surface area contributed by atoms with E-state index in [2.05, 4.69) is 20.2 Å². The number of anilines is 2. The fraction of sp³-hybridized carbons (Fsp3) is 0.263. The number of guanidine groups is 2. The van der Waals surface area contributed by atoms with Crippen LogP contribution in [0.2, 0.25) is 10.0 Å². The molecule has 2 aromatic carbocycles. The van der Waals surface area contributed by atoms with E-state index in [0.29, 0.717) is 23.3 Å². The SMILES string of the molecule is Cl.NC1=NC(Nc2ccc(Cl)cc2)N(c2ccc(Cl)cc2)C(N2CCOCC2)=N1. The third-order valence-corrected chi connectivity index (χ3v) is 4.97. The Morgan fingerprint density at radius 3 is 2.17 bits per heavy atom. The summed E-state index contributed by atoms with van der Waals surface area (Å²) in [5.41, 5.74) is 7.83. The van der Waals surface area contributed by atoms with E-state index in [1.165, 1.54) is 0 Å². The van der Waals surface area contributed by atoms with Crippen LogP contribution < -0.4 is 16.0 Å².